The van der Waals surface area contributed by atoms with Crippen molar-refractivity contribution in [3.05, 3.63) is 144 Å². The van der Waals surface area contributed by atoms with E-state index in [2.05, 4.69) is 140 Å². The van der Waals surface area contributed by atoms with Gasteiger partial charge in [-0.15, -0.1) is 11.3 Å². The number of allylic oxidation sites excluding steroid dienone is 2. The predicted octanol–water partition coefficient (Wildman–Crippen LogP) is 11.3. The molecule has 0 bridgehead atoms. The van der Waals surface area contributed by atoms with E-state index >= 15 is 0 Å². The Balaban J connectivity index is 1.62. The van der Waals surface area contributed by atoms with Gasteiger partial charge in [0.15, 0.2) is 0 Å². The topological polar surface area (TPSA) is 3.24 Å². The van der Waals surface area contributed by atoms with E-state index < -0.39 is 0 Å². The third-order valence-corrected chi connectivity index (χ3v) is 8.89. The second-order valence-electron chi connectivity index (χ2n) is 9.84. The van der Waals surface area contributed by atoms with Crippen molar-refractivity contribution in [2.24, 2.45) is 0 Å². The lowest BCUT2D eigenvalue weighted by atomic mass is 9.97. The number of nitrogens with zero attached hydrogens (tertiary/aromatic N) is 1. The molecule has 0 unspecified atom stereocenters. The number of aryl methyl sites for hydroxylation is 1. The zero-order chi connectivity index (χ0) is 26.3. The van der Waals surface area contributed by atoms with Crippen molar-refractivity contribution in [2.45, 2.75) is 6.92 Å². The van der Waals surface area contributed by atoms with Crippen molar-refractivity contribution in [3.8, 4) is 0 Å². The average Bonchev–Trinajstić information content (AvgIpc) is 3.32. The van der Waals surface area contributed by atoms with Gasteiger partial charge in [-0.3, -0.25) is 0 Å². The first-order valence-electron chi connectivity index (χ1n) is 13.2. The maximum atomic E-state index is 3.87. The first-order valence-corrected chi connectivity index (χ1v) is 14.1. The molecule has 1 heterocycles. The molecule has 0 aliphatic rings. The maximum Gasteiger partial charge on any atom is 0.0547 e. The Kier molecular flexibility index (Phi) is 5.76. The van der Waals surface area contributed by atoms with Crippen molar-refractivity contribution in [3.63, 3.8) is 0 Å². The third kappa shape index (κ3) is 3.84. The van der Waals surface area contributed by atoms with Gasteiger partial charge in [-0.1, -0.05) is 110 Å². The van der Waals surface area contributed by atoms with Crippen LogP contribution in [0.15, 0.2) is 134 Å². The van der Waals surface area contributed by atoms with Crippen molar-refractivity contribution >= 4 is 76.9 Å². The monoisotopic (exact) mass is 517 g/mol. The molecule has 0 aliphatic heterocycles. The molecule has 0 atom stereocenters. The zero-order valence-corrected chi connectivity index (χ0v) is 22.6. The first-order chi connectivity index (χ1) is 19.2. The number of anilines is 3. The Labute approximate surface area is 232 Å². The highest BCUT2D eigenvalue weighted by Crippen LogP contribution is 2.47. The van der Waals surface area contributed by atoms with E-state index in [1.807, 2.05) is 23.5 Å². The number of rotatable bonds is 5. The number of hydrogen-bond acceptors (Lipinski definition) is 2. The van der Waals surface area contributed by atoms with Gasteiger partial charge in [0, 0.05) is 31.4 Å². The SMILES string of the molecule is C=C/C=C\c1sc2c(cc(N(c3ccccc3)c3cc4ccccc4c4ccccc34)c3ccccc32)c1C. The van der Waals surface area contributed by atoms with E-state index in [0.717, 1.165) is 5.69 Å². The molecule has 1 nitrogen and oxygen atoms in total. The summed E-state index contributed by atoms with van der Waals surface area (Å²) in [7, 11) is 0. The lowest BCUT2D eigenvalue weighted by Crippen LogP contribution is -2.11. The molecule has 0 radical (unpaired) electrons. The Morgan fingerprint density at radius 3 is 1.95 bits per heavy atom. The van der Waals surface area contributed by atoms with Gasteiger partial charge in [0.2, 0.25) is 0 Å². The van der Waals surface area contributed by atoms with Crippen molar-refractivity contribution < 1.29 is 0 Å². The van der Waals surface area contributed by atoms with Crippen LogP contribution in [0.1, 0.15) is 10.4 Å². The highest BCUT2D eigenvalue weighted by atomic mass is 32.1. The predicted molar refractivity (Wildman–Crippen MR) is 173 cm³/mol. The van der Waals surface area contributed by atoms with Gasteiger partial charge < -0.3 is 4.90 Å². The molecule has 7 aromatic rings. The summed E-state index contributed by atoms with van der Waals surface area (Å²) in [5, 5.41) is 8.83. The van der Waals surface area contributed by atoms with Crippen LogP contribution in [0, 0.1) is 6.92 Å². The molecule has 1 aromatic heterocycles. The molecular weight excluding hydrogens is 490 g/mol. The largest absolute Gasteiger partial charge is 0.309 e. The summed E-state index contributed by atoms with van der Waals surface area (Å²) in [6.07, 6.45) is 6.04. The van der Waals surface area contributed by atoms with Crippen LogP contribution in [0.2, 0.25) is 0 Å². The molecule has 2 heteroatoms. The fourth-order valence-electron chi connectivity index (χ4n) is 5.74. The van der Waals surface area contributed by atoms with Crippen molar-refractivity contribution in [1.82, 2.24) is 0 Å². The Bertz CT molecular complexity index is 2050. The van der Waals surface area contributed by atoms with Gasteiger partial charge in [-0.25, -0.2) is 0 Å². The Hall–Kier alpha value is -4.66. The van der Waals surface area contributed by atoms with E-state index in [1.165, 1.54) is 64.2 Å². The fourth-order valence-corrected chi connectivity index (χ4v) is 6.98. The molecule has 39 heavy (non-hydrogen) atoms. The summed E-state index contributed by atoms with van der Waals surface area (Å²) in [6, 6.07) is 41.8. The minimum Gasteiger partial charge on any atom is -0.309 e. The normalized spacial score (nSPS) is 11.7. The summed E-state index contributed by atoms with van der Waals surface area (Å²) >= 11 is 1.86. The molecular formula is C37H27NS. The minimum absolute atomic E-state index is 1.14. The zero-order valence-electron chi connectivity index (χ0n) is 21.8. The van der Waals surface area contributed by atoms with Gasteiger partial charge in [-0.2, -0.15) is 0 Å². The summed E-state index contributed by atoms with van der Waals surface area (Å²) in [6.45, 7) is 6.11. The van der Waals surface area contributed by atoms with E-state index in [1.54, 1.807) is 0 Å². The van der Waals surface area contributed by atoms with Crippen LogP contribution in [-0.2, 0) is 0 Å². The van der Waals surface area contributed by atoms with Gasteiger partial charge in [0.1, 0.15) is 0 Å². The molecule has 0 saturated heterocycles. The van der Waals surface area contributed by atoms with E-state index in [9.17, 15) is 0 Å². The molecule has 0 spiro atoms. The number of para-hydroxylation sites is 1. The van der Waals surface area contributed by atoms with Crippen LogP contribution in [-0.4, -0.2) is 0 Å². The van der Waals surface area contributed by atoms with Crippen LogP contribution < -0.4 is 4.90 Å². The van der Waals surface area contributed by atoms with Crippen LogP contribution in [0.25, 0.3) is 48.5 Å². The lowest BCUT2D eigenvalue weighted by molar-refractivity contribution is 1.32. The standard InChI is InChI=1S/C37H27NS/c1-3-4-22-36-25(2)33-24-35(31-20-12-13-21-32(31)37(33)39-36)38(27-15-6-5-7-16-27)34-23-26-14-8-9-17-28(26)29-18-10-11-19-30(29)34/h3-24H,1H2,2H3/b22-4-. The highest BCUT2D eigenvalue weighted by Gasteiger charge is 2.21. The maximum absolute atomic E-state index is 3.87. The highest BCUT2D eigenvalue weighted by molar-refractivity contribution is 7.21. The van der Waals surface area contributed by atoms with Gasteiger partial charge in [0.05, 0.1) is 11.4 Å². The van der Waals surface area contributed by atoms with Gasteiger partial charge in [-0.05, 0) is 64.4 Å². The van der Waals surface area contributed by atoms with Crippen LogP contribution in [0.4, 0.5) is 17.1 Å². The van der Waals surface area contributed by atoms with E-state index in [4.69, 9.17) is 0 Å². The molecule has 6 aromatic carbocycles. The van der Waals surface area contributed by atoms with Gasteiger partial charge in [0.25, 0.3) is 0 Å². The smallest absolute Gasteiger partial charge is 0.0547 e. The molecule has 0 fully saturated rings. The lowest BCUT2D eigenvalue weighted by Gasteiger charge is -2.29. The number of thiophene rings is 1. The Morgan fingerprint density at radius 2 is 1.21 bits per heavy atom. The van der Waals surface area contributed by atoms with Crippen molar-refractivity contribution in [1.29, 1.82) is 0 Å². The van der Waals surface area contributed by atoms with Crippen LogP contribution in [0.5, 0.6) is 0 Å². The number of hydrogen-bond donors (Lipinski definition) is 0. The third-order valence-electron chi connectivity index (χ3n) is 7.59. The molecule has 0 N–H and O–H groups in total. The number of benzene rings is 6. The van der Waals surface area contributed by atoms with Crippen LogP contribution >= 0.6 is 11.3 Å². The molecule has 0 saturated carbocycles. The van der Waals surface area contributed by atoms with E-state index in [-0.39, 0.29) is 0 Å². The van der Waals surface area contributed by atoms with Crippen molar-refractivity contribution in [2.75, 3.05) is 4.90 Å². The molecule has 7 rings (SSSR count). The summed E-state index contributed by atoms with van der Waals surface area (Å²) in [4.78, 5) is 3.72. The molecule has 0 amide bonds. The first kappa shape index (κ1) is 23.5. The quantitative estimate of drug-likeness (QED) is 0.162. The second-order valence-corrected chi connectivity index (χ2v) is 10.9. The average molecular weight is 518 g/mol. The summed E-state index contributed by atoms with van der Waals surface area (Å²) < 4.78 is 1.33. The van der Waals surface area contributed by atoms with Crippen LogP contribution in [0.3, 0.4) is 0 Å². The summed E-state index contributed by atoms with van der Waals surface area (Å²) in [5.41, 5.74) is 4.81. The number of fused-ring (bicyclic) bond motifs is 6. The van der Waals surface area contributed by atoms with Gasteiger partial charge >= 0.3 is 0 Å². The summed E-state index contributed by atoms with van der Waals surface area (Å²) in [5.74, 6) is 0. The minimum atomic E-state index is 1.14. The van der Waals surface area contributed by atoms with E-state index in [0.29, 0.717) is 0 Å². The Morgan fingerprint density at radius 1 is 0.615 bits per heavy atom. The fraction of sp³-hybridized carbons (Fsp3) is 0.0270. The second kappa shape index (κ2) is 9.58. The molecule has 186 valence electrons. The molecule has 0 aliphatic carbocycles.